The molecule has 3 heteroatoms. The first-order valence-electron chi connectivity index (χ1n) is 6.75. The summed E-state index contributed by atoms with van der Waals surface area (Å²) in [5.41, 5.74) is 0. The molecule has 0 bridgehead atoms. The van der Waals surface area contributed by atoms with Crippen molar-refractivity contribution in [2.45, 2.75) is 45.3 Å². The largest absolute Gasteiger partial charge is 0.378 e. The van der Waals surface area contributed by atoms with Crippen LogP contribution in [0, 0.1) is 5.92 Å². The number of hydrogen-bond acceptors (Lipinski definition) is 3. The highest BCUT2D eigenvalue weighted by Gasteiger charge is 2.34. The van der Waals surface area contributed by atoms with Gasteiger partial charge in [0.15, 0.2) is 0 Å². The minimum Gasteiger partial charge on any atom is -0.378 e. The normalized spacial score (nSPS) is 26.2. The van der Waals surface area contributed by atoms with Gasteiger partial charge in [0.25, 0.3) is 0 Å². The second kappa shape index (κ2) is 6.53. The molecule has 1 aromatic rings. The average molecular weight is 253 g/mol. The monoisotopic (exact) mass is 253 g/mol. The van der Waals surface area contributed by atoms with E-state index in [0.29, 0.717) is 18.1 Å². The first-order chi connectivity index (χ1) is 8.36. The Morgan fingerprint density at radius 3 is 3.06 bits per heavy atom. The molecule has 2 nitrogen and oxygen atoms in total. The summed E-state index contributed by atoms with van der Waals surface area (Å²) in [6, 6.07) is 4.89. The molecule has 96 valence electrons. The van der Waals surface area contributed by atoms with Crippen LogP contribution in [0.5, 0.6) is 0 Å². The van der Waals surface area contributed by atoms with Gasteiger partial charge in [-0.25, -0.2) is 0 Å². The van der Waals surface area contributed by atoms with Crippen LogP contribution in [0.15, 0.2) is 17.5 Å². The average Bonchev–Trinajstić information content (AvgIpc) is 3.00. The molecule has 2 heterocycles. The Balaban J connectivity index is 2.09. The number of hydrogen-bond donors (Lipinski definition) is 1. The van der Waals surface area contributed by atoms with E-state index >= 15 is 0 Å². The Kier molecular flexibility index (Phi) is 5.01. The Hall–Kier alpha value is -0.380. The molecule has 0 saturated carbocycles. The summed E-state index contributed by atoms with van der Waals surface area (Å²) in [4.78, 5) is 1.47. The van der Waals surface area contributed by atoms with Crippen LogP contribution in [0.4, 0.5) is 0 Å². The Morgan fingerprint density at radius 1 is 1.53 bits per heavy atom. The zero-order valence-corrected chi connectivity index (χ0v) is 11.6. The lowest BCUT2D eigenvalue weighted by molar-refractivity contribution is 0.0778. The Bertz CT molecular complexity index is 312. The van der Waals surface area contributed by atoms with E-state index in [9.17, 15) is 0 Å². The quantitative estimate of drug-likeness (QED) is 0.836. The van der Waals surface area contributed by atoms with Gasteiger partial charge in [-0.1, -0.05) is 19.9 Å². The number of thiophene rings is 1. The zero-order valence-electron chi connectivity index (χ0n) is 10.8. The molecule has 1 aliphatic rings. The minimum atomic E-state index is 0.437. The summed E-state index contributed by atoms with van der Waals surface area (Å²) in [5.74, 6) is 0.644. The van der Waals surface area contributed by atoms with Gasteiger partial charge in [0.2, 0.25) is 0 Å². The third-order valence-corrected chi connectivity index (χ3v) is 4.51. The van der Waals surface area contributed by atoms with Crippen LogP contribution in [0.25, 0.3) is 0 Å². The van der Waals surface area contributed by atoms with Gasteiger partial charge < -0.3 is 10.1 Å². The van der Waals surface area contributed by atoms with E-state index in [2.05, 4.69) is 36.7 Å². The van der Waals surface area contributed by atoms with E-state index in [1.54, 1.807) is 0 Å². The Labute approximate surface area is 108 Å². The topological polar surface area (TPSA) is 21.3 Å². The molecule has 2 rings (SSSR count). The maximum absolute atomic E-state index is 5.84. The van der Waals surface area contributed by atoms with Crippen molar-refractivity contribution >= 4 is 11.3 Å². The van der Waals surface area contributed by atoms with Crippen molar-refractivity contribution in [2.24, 2.45) is 5.92 Å². The SMILES string of the molecule is CCCNC(c1cccs1)C1CCOC1CC. The molecular formula is C14H23NOS. The number of rotatable bonds is 6. The van der Waals surface area contributed by atoms with Crippen molar-refractivity contribution in [2.75, 3.05) is 13.2 Å². The zero-order chi connectivity index (χ0) is 12.1. The highest BCUT2D eigenvalue weighted by Crippen LogP contribution is 2.36. The number of nitrogens with one attached hydrogen (secondary N) is 1. The maximum atomic E-state index is 5.84. The molecule has 0 spiro atoms. The lowest BCUT2D eigenvalue weighted by Crippen LogP contribution is -2.32. The predicted molar refractivity (Wildman–Crippen MR) is 73.5 cm³/mol. The van der Waals surface area contributed by atoms with Crippen molar-refractivity contribution in [3.05, 3.63) is 22.4 Å². The molecule has 0 amide bonds. The first kappa shape index (κ1) is 13.1. The third kappa shape index (κ3) is 3.09. The van der Waals surface area contributed by atoms with E-state index in [4.69, 9.17) is 4.74 Å². The van der Waals surface area contributed by atoms with E-state index in [1.807, 2.05) is 11.3 Å². The molecule has 0 aliphatic carbocycles. The molecule has 1 N–H and O–H groups in total. The highest BCUT2D eigenvalue weighted by atomic mass is 32.1. The van der Waals surface area contributed by atoms with Gasteiger partial charge >= 0.3 is 0 Å². The molecule has 3 unspecified atom stereocenters. The van der Waals surface area contributed by atoms with Crippen LogP contribution < -0.4 is 5.32 Å². The Morgan fingerprint density at radius 2 is 2.41 bits per heavy atom. The van der Waals surface area contributed by atoms with Crippen molar-refractivity contribution in [1.82, 2.24) is 5.32 Å². The second-order valence-corrected chi connectivity index (χ2v) is 5.70. The first-order valence-corrected chi connectivity index (χ1v) is 7.63. The smallest absolute Gasteiger partial charge is 0.0620 e. The van der Waals surface area contributed by atoms with Crippen LogP contribution in [0.3, 0.4) is 0 Å². The lowest BCUT2D eigenvalue weighted by atomic mass is 9.90. The molecule has 3 atom stereocenters. The summed E-state index contributed by atoms with van der Waals surface area (Å²) in [6.45, 7) is 6.48. The van der Waals surface area contributed by atoms with Gasteiger partial charge in [-0.3, -0.25) is 0 Å². The lowest BCUT2D eigenvalue weighted by Gasteiger charge is -2.27. The van der Waals surface area contributed by atoms with E-state index in [0.717, 1.165) is 19.6 Å². The highest BCUT2D eigenvalue weighted by molar-refractivity contribution is 7.10. The fourth-order valence-electron chi connectivity index (χ4n) is 2.70. The molecule has 1 aliphatic heterocycles. The van der Waals surface area contributed by atoms with E-state index in [-0.39, 0.29) is 0 Å². The van der Waals surface area contributed by atoms with Crippen molar-refractivity contribution in [3.8, 4) is 0 Å². The molecule has 1 saturated heterocycles. The van der Waals surface area contributed by atoms with Gasteiger partial charge in [-0.15, -0.1) is 11.3 Å². The van der Waals surface area contributed by atoms with Crippen LogP contribution in [-0.2, 0) is 4.74 Å². The van der Waals surface area contributed by atoms with Crippen molar-refractivity contribution < 1.29 is 4.74 Å². The van der Waals surface area contributed by atoms with Gasteiger partial charge in [0.05, 0.1) is 6.10 Å². The predicted octanol–water partition coefficient (Wildman–Crippen LogP) is 3.60. The van der Waals surface area contributed by atoms with Crippen LogP contribution in [-0.4, -0.2) is 19.3 Å². The summed E-state index contributed by atoms with van der Waals surface area (Å²) in [7, 11) is 0. The fourth-order valence-corrected chi connectivity index (χ4v) is 3.57. The second-order valence-electron chi connectivity index (χ2n) is 4.72. The van der Waals surface area contributed by atoms with Crippen LogP contribution in [0.1, 0.15) is 44.0 Å². The minimum absolute atomic E-state index is 0.437. The van der Waals surface area contributed by atoms with Gasteiger partial charge in [-0.2, -0.15) is 0 Å². The molecule has 1 fully saturated rings. The van der Waals surface area contributed by atoms with Gasteiger partial charge in [0, 0.05) is 23.4 Å². The summed E-state index contributed by atoms with van der Waals surface area (Å²) >= 11 is 1.86. The van der Waals surface area contributed by atoms with E-state index in [1.165, 1.54) is 17.7 Å². The number of ether oxygens (including phenoxy) is 1. The molecule has 17 heavy (non-hydrogen) atoms. The summed E-state index contributed by atoms with van der Waals surface area (Å²) < 4.78 is 5.84. The molecule has 0 aromatic carbocycles. The van der Waals surface area contributed by atoms with Gasteiger partial charge in [-0.05, 0) is 37.3 Å². The van der Waals surface area contributed by atoms with Crippen LogP contribution >= 0.6 is 11.3 Å². The standard InChI is InChI=1S/C14H23NOS/c1-3-8-15-14(13-6-5-10-17-13)11-7-9-16-12(11)4-2/h5-6,10-12,14-15H,3-4,7-9H2,1-2H3. The van der Waals surface area contributed by atoms with Crippen molar-refractivity contribution in [1.29, 1.82) is 0 Å². The van der Waals surface area contributed by atoms with E-state index < -0.39 is 0 Å². The van der Waals surface area contributed by atoms with Crippen molar-refractivity contribution in [3.63, 3.8) is 0 Å². The van der Waals surface area contributed by atoms with Crippen LogP contribution in [0.2, 0.25) is 0 Å². The molecule has 0 radical (unpaired) electrons. The fraction of sp³-hybridized carbons (Fsp3) is 0.714. The van der Waals surface area contributed by atoms with Gasteiger partial charge in [0.1, 0.15) is 0 Å². The third-order valence-electron chi connectivity index (χ3n) is 3.56. The molecular weight excluding hydrogens is 230 g/mol. The summed E-state index contributed by atoms with van der Waals surface area (Å²) in [5, 5.41) is 5.88. The summed E-state index contributed by atoms with van der Waals surface area (Å²) in [6.07, 6.45) is 3.94. The maximum Gasteiger partial charge on any atom is 0.0620 e. The molecule has 1 aromatic heterocycles.